The number of hydrogen-bond acceptors (Lipinski definition) is 8. The van der Waals surface area contributed by atoms with Crippen molar-refractivity contribution in [2.24, 2.45) is 10.1 Å². The minimum absolute atomic E-state index is 0.504. The summed E-state index contributed by atoms with van der Waals surface area (Å²) in [6, 6.07) is 14.6. The molecule has 2 N–H and O–H groups in total. The number of aromatic nitrogens is 2. The fourth-order valence-electron chi connectivity index (χ4n) is 1.86. The first kappa shape index (κ1) is 18.9. The second-order valence-corrected chi connectivity index (χ2v) is 6.94. The minimum Gasteiger partial charge on any atom is -0.440 e. The Bertz CT molecular complexity index is 933. The van der Waals surface area contributed by atoms with Crippen LogP contribution < -0.4 is 10.5 Å². The van der Waals surface area contributed by atoms with E-state index in [2.05, 4.69) is 36.0 Å². The van der Waals surface area contributed by atoms with Gasteiger partial charge >= 0.3 is 0 Å². The Morgan fingerprint density at radius 2 is 1.74 bits per heavy atom. The summed E-state index contributed by atoms with van der Waals surface area (Å²) in [4.78, 5) is 18.5. The molecule has 0 amide bonds. The average Bonchev–Trinajstić information content (AvgIpc) is 2.69. The largest absolute Gasteiger partial charge is 0.440 e. The van der Waals surface area contributed by atoms with Crippen molar-refractivity contribution in [3.05, 3.63) is 65.4 Å². The molecule has 9 heteroatoms. The Morgan fingerprint density at radius 1 is 1.00 bits per heavy atom. The number of nitrogens with two attached hydrogens (primary N) is 1. The molecule has 0 aliphatic rings. The van der Waals surface area contributed by atoms with E-state index in [1.807, 2.05) is 36.4 Å². The second kappa shape index (κ2) is 9.70. The summed E-state index contributed by atoms with van der Waals surface area (Å²) in [6.45, 7) is 0. The predicted molar refractivity (Wildman–Crippen MR) is 110 cm³/mol. The molecule has 1 aromatic heterocycles. The van der Waals surface area contributed by atoms with Crippen molar-refractivity contribution >= 4 is 51.9 Å². The molecule has 0 atom stereocenters. The molecular formula is C18H14BrN5O2S. The maximum atomic E-state index is 5.74. The number of ether oxygens (including phenoxy) is 1. The van der Waals surface area contributed by atoms with Crippen molar-refractivity contribution in [3.8, 4) is 5.75 Å². The second-order valence-electron chi connectivity index (χ2n) is 4.99. The summed E-state index contributed by atoms with van der Waals surface area (Å²) < 4.78 is 6.09. The van der Waals surface area contributed by atoms with Crippen LogP contribution in [-0.2, 0) is 4.84 Å². The summed E-state index contributed by atoms with van der Waals surface area (Å²) in [5.74, 6) is 0.504. The van der Waals surface area contributed by atoms with Gasteiger partial charge in [0.25, 0.3) is 0 Å². The van der Waals surface area contributed by atoms with E-state index in [0.29, 0.717) is 16.6 Å². The zero-order valence-electron chi connectivity index (χ0n) is 13.9. The molecule has 0 aliphatic carbocycles. The molecule has 0 fully saturated rings. The number of aliphatic imine (C=N–C) groups is 1. The van der Waals surface area contributed by atoms with E-state index in [-0.39, 0.29) is 0 Å². The quantitative estimate of drug-likeness (QED) is 0.187. The number of para-hydroxylation sites is 2. The van der Waals surface area contributed by atoms with Crippen molar-refractivity contribution in [3.63, 3.8) is 0 Å². The van der Waals surface area contributed by atoms with Gasteiger partial charge in [-0.3, -0.25) is 0 Å². The molecule has 0 bridgehead atoms. The monoisotopic (exact) mass is 443 g/mol. The minimum atomic E-state index is 0.504. The van der Waals surface area contributed by atoms with Crippen LogP contribution in [0.3, 0.4) is 0 Å². The first-order valence-corrected chi connectivity index (χ1v) is 9.28. The van der Waals surface area contributed by atoms with Crippen LogP contribution in [0.25, 0.3) is 0 Å². The standard InChI is InChI=1S/C18H14BrN5O2S/c19-13-9-21-18(22-10-13)27-15-7-5-14(6-8-15)23-11-26-24-12-25-17-4-2-1-3-16(17)20/h1-12H,20H2/b23-11+,24-12+. The highest BCUT2D eigenvalue weighted by molar-refractivity contribution is 9.10. The molecule has 0 spiro atoms. The molecule has 3 rings (SSSR count). The van der Waals surface area contributed by atoms with Crippen molar-refractivity contribution < 1.29 is 9.57 Å². The summed E-state index contributed by atoms with van der Waals surface area (Å²) in [7, 11) is 0. The molecule has 136 valence electrons. The zero-order valence-corrected chi connectivity index (χ0v) is 16.3. The maximum Gasteiger partial charge on any atom is 0.219 e. The van der Waals surface area contributed by atoms with E-state index in [0.717, 1.165) is 21.5 Å². The maximum absolute atomic E-state index is 5.74. The van der Waals surface area contributed by atoms with E-state index in [1.54, 1.807) is 24.5 Å². The third kappa shape index (κ3) is 6.08. The molecule has 27 heavy (non-hydrogen) atoms. The number of anilines is 1. The number of nitrogen functional groups attached to an aromatic ring is 1. The van der Waals surface area contributed by atoms with Gasteiger partial charge in [0.05, 0.1) is 15.8 Å². The zero-order chi connectivity index (χ0) is 18.9. The first-order valence-electron chi connectivity index (χ1n) is 7.67. The van der Waals surface area contributed by atoms with Gasteiger partial charge < -0.3 is 15.3 Å². The van der Waals surface area contributed by atoms with E-state index in [9.17, 15) is 0 Å². The number of oxime groups is 1. The van der Waals surface area contributed by atoms with Crippen LogP contribution >= 0.6 is 27.7 Å². The molecule has 0 saturated carbocycles. The summed E-state index contributed by atoms with van der Waals surface area (Å²) in [5, 5.41) is 4.30. The van der Waals surface area contributed by atoms with Crippen molar-refractivity contribution in [2.45, 2.75) is 10.1 Å². The number of rotatable bonds is 7. The van der Waals surface area contributed by atoms with Crippen LogP contribution in [0.1, 0.15) is 0 Å². The van der Waals surface area contributed by atoms with Crippen LogP contribution in [0, 0.1) is 0 Å². The topological polar surface area (TPSA) is 95.0 Å². The van der Waals surface area contributed by atoms with Gasteiger partial charge in [0.2, 0.25) is 12.8 Å². The predicted octanol–water partition coefficient (Wildman–Crippen LogP) is 4.67. The Kier molecular flexibility index (Phi) is 6.78. The SMILES string of the molecule is Nc1ccccc1O/C=N/O/C=N/c1ccc(Sc2ncc(Br)cn2)cc1. The molecule has 0 aliphatic heterocycles. The highest BCUT2D eigenvalue weighted by Gasteiger charge is 2.00. The van der Waals surface area contributed by atoms with Crippen molar-refractivity contribution in [2.75, 3.05) is 5.73 Å². The number of hydrogen-bond donors (Lipinski definition) is 1. The van der Waals surface area contributed by atoms with Gasteiger partial charge in [-0.1, -0.05) is 12.1 Å². The number of nitrogens with zero attached hydrogens (tertiary/aromatic N) is 4. The van der Waals surface area contributed by atoms with E-state index >= 15 is 0 Å². The Labute approximate surface area is 168 Å². The molecule has 1 heterocycles. The fraction of sp³-hybridized carbons (Fsp3) is 0. The fourth-order valence-corrected chi connectivity index (χ4v) is 2.76. The summed E-state index contributed by atoms with van der Waals surface area (Å²) in [5.41, 5.74) is 6.98. The lowest BCUT2D eigenvalue weighted by atomic mass is 10.3. The van der Waals surface area contributed by atoms with Gasteiger partial charge in [-0.2, -0.15) is 0 Å². The van der Waals surface area contributed by atoms with Gasteiger partial charge in [0, 0.05) is 17.3 Å². The third-order valence-electron chi connectivity index (χ3n) is 3.09. The molecule has 2 aromatic carbocycles. The molecular weight excluding hydrogens is 430 g/mol. The molecule has 0 unspecified atom stereocenters. The van der Waals surface area contributed by atoms with Crippen LogP contribution in [0.5, 0.6) is 5.75 Å². The molecule has 7 nitrogen and oxygen atoms in total. The third-order valence-corrected chi connectivity index (χ3v) is 4.40. The smallest absolute Gasteiger partial charge is 0.219 e. The van der Waals surface area contributed by atoms with Crippen LogP contribution in [0.15, 0.2) is 85.6 Å². The van der Waals surface area contributed by atoms with Crippen molar-refractivity contribution in [1.29, 1.82) is 0 Å². The van der Waals surface area contributed by atoms with Crippen LogP contribution in [0.2, 0.25) is 0 Å². The molecule has 0 radical (unpaired) electrons. The lowest BCUT2D eigenvalue weighted by Gasteiger charge is -2.01. The van der Waals surface area contributed by atoms with Crippen LogP contribution in [0.4, 0.5) is 11.4 Å². The van der Waals surface area contributed by atoms with Gasteiger partial charge in [0.15, 0.2) is 10.9 Å². The first-order chi connectivity index (χ1) is 13.2. The summed E-state index contributed by atoms with van der Waals surface area (Å²) in [6.07, 6.45) is 5.78. The Morgan fingerprint density at radius 3 is 2.48 bits per heavy atom. The van der Waals surface area contributed by atoms with E-state index in [1.165, 1.54) is 18.2 Å². The summed E-state index contributed by atoms with van der Waals surface area (Å²) >= 11 is 4.77. The highest BCUT2D eigenvalue weighted by atomic mass is 79.9. The Hall–Kier alpha value is -2.91. The van der Waals surface area contributed by atoms with Gasteiger partial charge in [-0.15, -0.1) is 0 Å². The molecule has 3 aromatic rings. The van der Waals surface area contributed by atoms with Crippen molar-refractivity contribution in [1.82, 2.24) is 9.97 Å². The average molecular weight is 444 g/mol. The highest BCUT2D eigenvalue weighted by Crippen LogP contribution is 2.26. The molecule has 0 saturated heterocycles. The van der Waals surface area contributed by atoms with E-state index < -0.39 is 0 Å². The van der Waals surface area contributed by atoms with Gasteiger partial charge in [-0.25, -0.2) is 15.0 Å². The van der Waals surface area contributed by atoms with Gasteiger partial charge in [-0.05, 0) is 69.2 Å². The normalized spacial score (nSPS) is 11.1. The number of benzene rings is 2. The van der Waals surface area contributed by atoms with Gasteiger partial charge in [0.1, 0.15) is 0 Å². The lowest BCUT2D eigenvalue weighted by Crippen LogP contribution is -1.95. The van der Waals surface area contributed by atoms with Crippen LogP contribution in [-0.4, -0.2) is 22.8 Å². The lowest BCUT2D eigenvalue weighted by molar-refractivity contribution is 0.335. The Balaban J connectivity index is 1.47. The van der Waals surface area contributed by atoms with E-state index in [4.69, 9.17) is 15.3 Å². The number of halogens is 1.